The molecule has 0 aromatic carbocycles. The maximum Gasteiger partial charge on any atom is 0.185 e. The summed E-state index contributed by atoms with van der Waals surface area (Å²) in [7, 11) is 5.19. The first kappa shape index (κ1) is 11.6. The molecule has 0 bridgehead atoms. The SMILES string of the molecule is CO/N=C(\C(C)=O)c1csc(N(C)C)n1. The van der Waals surface area contributed by atoms with E-state index in [1.54, 1.807) is 5.38 Å². The molecule has 0 unspecified atom stereocenters. The summed E-state index contributed by atoms with van der Waals surface area (Å²) in [5, 5.41) is 6.27. The Hall–Kier alpha value is -1.43. The maximum absolute atomic E-state index is 11.3. The Kier molecular flexibility index (Phi) is 3.79. The van der Waals surface area contributed by atoms with Crippen molar-refractivity contribution in [2.24, 2.45) is 5.16 Å². The van der Waals surface area contributed by atoms with Gasteiger partial charge in [-0.1, -0.05) is 5.16 Å². The molecular formula is C9H13N3O2S. The molecule has 1 heterocycles. The highest BCUT2D eigenvalue weighted by atomic mass is 32.1. The van der Waals surface area contributed by atoms with Crippen LogP contribution in [0, 0.1) is 0 Å². The lowest BCUT2D eigenvalue weighted by Gasteiger charge is -2.05. The van der Waals surface area contributed by atoms with Crippen LogP contribution in [0.3, 0.4) is 0 Å². The first-order valence-corrected chi connectivity index (χ1v) is 5.19. The van der Waals surface area contributed by atoms with Gasteiger partial charge in [-0.15, -0.1) is 11.3 Å². The van der Waals surface area contributed by atoms with Crippen molar-refractivity contribution in [3.63, 3.8) is 0 Å². The molecule has 0 aliphatic heterocycles. The van der Waals surface area contributed by atoms with Crippen LogP contribution in [0.5, 0.6) is 0 Å². The molecule has 82 valence electrons. The van der Waals surface area contributed by atoms with Gasteiger partial charge in [0.1, 0.15) is 12.8 Å². The Bertz CT molecular complexity index is 384. The Morgan fingerprint density at radius 2 is 2.27 bits per heavy atom. The van der Waals surface area contributed by atoms with Gasteiger partial charge in [0.05, 0.1) is 0 Å². The van der Waals surface area contributed by atoms with E-state index in [1.165, 1.54) is 25.4 Å². The highest BCUT2D eigenvalue weighted by Crippen LogP contribution is 2.18. The molecule has 1 aromatic heterocycles. The van der Waals surface area contributed by atoms with E-state index in [1.807, 2.05) is 19.0 Å². The topological polar surface area (TPSA) is 54.8 Å². The van der Waals surface area contributed by atoms with Crippen molar-refractivity contribution in [1.29, 1.82) is 0 Å². The highest BCUT2D eigenvalue weighted by Gasteiger charge is 2.14. The van der Waals surface area contributed by atoms with Gasteiger partial charge >= 0.3 is 0 Å². The van der Waals surface area contributed by atoms with Gasteiger partial charge in [0.15, 0.2) is 16.6 Å². The molecule has 0 saturated heterocycles. The number of Topliss-reactive ketones (excluding diaryl/α,β-unsaturated/α-hetero) is 1. The number of hydrogen-bond donors (Lipinski definition) is 0. The molecule has 0 fully saturated rings. The van der Waals surface area contributed by atoms with Crippen LogP contribution < -0.4 is 4.90 Å². The molecule has 0 atom stereocenters. The molecule has 6 heteroatoms. The van der Waals surface area contributed by atoms with E-state index in [0.29, 0.717) is 5.69 Å². The van der Waals surface area contributed by atoms with Crippen molar-refractivity contribution >= 4 is 28.0 Å². The molecule has 15 heavy (non-hydrogen) atoms. The molecule has 1 aromatic rings. The van der Waals surface area contributed by atoms with Gasteiger partial charge in [0, 0.05) is 26.4 Å². The second-order valence-electron chi connectivity index (χ2n) is 3.09. The number of aromatic nitrogens is 1. The second-order valence-corrected chi connectivity index (χ2v) is 3.92. The zero-order valence-electron chi connectivity index (χ0n) is 9.14. The smallest absolute Gasteiger partial charge is 0.185 e. The van der Waals surface area contributed by atoms with Crippen LogP contribution in [0.2, 0.25) is 0 Å². The molecule has 1 rings (SSSR count). The van der Waals surface area contributed by atoms with Crippen LogP contribution in [0.25, 0.3) is 0 Å². The van der Waals surface area contributed by atoms with Crippen LogP contribution in [0.4, 0.5) is 5.13 Å². The zero-order valence-corrected chi connectivity index (χ0v) is 9.96. The van der Waals surface area contributed by atoms with Crippen molar-refractivity contribution in [2.45, 2.75) is 6.92 Å². The summed E-state index contributed by atoms with van der Waals surface area (Å²) < 4.78 is 0. The van der Waals surface area contributed by atoms with E-state index in [0.717, 1.165) is 5.13 Å². The van der Waals surface area contributed by atoms with Crippen LogP contribution in [-0.4, -0.2) is 37.7 Å². The fourth-order valence-electron chi connectivity index (χ4n) is 0.961. The van der Waals surface area contributed by atoms with E-state index >= 15 is 0 Å². The fourth-order valence-corrected chi connectivity index (χ4v) is 1.70. The van der Waals surface area contributed by atoms with Crippen molar-refractivity contribution in [3.8, 4) is 0 Å². The number of nitrogens with zero attached hydrogens (tertiary/aromatic N) is 3. The minimum atomic E-state index is -0.160. The van der Waals surface area contributed by atoms with E-state index in [2.05, 4.69) is 15.0 Å². The predicted molar refractivity (Wildman–Crippen MR) is 60.7 cm³/mol. The Morgan fingerprint density at radius 3 is 2.67 bits per heavy atom. The minimum absolute atomic E-state index is 0.160. The molecule has 0 N–H and O–H groups in total. The second kappa shape index (κ2) is 4.88. The monoisotopic (exact) mass is 227 g/mol. The number of carbonyl (C=O) groups is 1. The Balaban J connectivity index is 3.03. The quantitative estimate of drug-likeness (QED) is 0.572. The molecule has 0 spiro atoms. The average molecular weight is 227 g/mol. The predicted octanol–water partition coefficient (Wildman–Crippen LogP) is 1.15. The summed E-state index contributed by atoms with van der Waals surface area (Å²) in [5.41, 5.74) is 0.805. The van der Waals surface area contributed by atoms with Gasteiger partial charge < -0.3 is 9.74 Å². The van der Waals surface area contributed by atoms with Crippen molar-refractivity contribution < 1.29 is 9.63 Å². The van der Waals surface area contributed by atoms with E-state index in [4.69, 9.17) is 0 Å². The van der Waals surface area contributed by atoms with Gasteiger partial charge in [0.25, 0.3) is 0 Å². The van der Waals surface area contributed by atoms with Crippen molar-refractivity contribution in [2.75, 3.05) is 26.1 Å². The number of carbonyl (C=O) groups excluding carboxylic acids is 1. The molecule has 0 amide bonds. The lowest BCUT2D eigenvalue weighted by Crippen LogP contribution is -2.14. The first-order valence-electron chi connectivity index (χ1n) is 4.31. The average Bonchev–Trinajstić information content (AvgIpc) is 2.62. The summed E-state index contributed by atoms with van der Waals surface area (Å²) in [4.78, 5) is 22.0. The molecule has 0 saturated carbocycles. The largest absolute Gasteiger partial charge is 0.398 e. The van der Waals surface area contributed by atoms with Gasteiger partial charge in [-0.3, -0.25) is 4.79 Å². The van der Waals surface area contributed by atoms with Crippen LogP contribution >= 0.6 is 11.3 Å². The van der Waals surface area contributed by atoms with Crippen molar-refractivity contribution in [3.05, 3.63) is 11.1 Å². The van der Waals surface area contributed by atoms with E-state index < -0.39 is 0 Å². The summed E-state index contributed by atoms with van der Waals surface area (Å²) in [6.07, 6.45) is 0. The van der Waals surface area contributed by atoms with Gasteiger partial charge in [-0.2, -0.15) is 0 Å². The first-order chi connectivity index (χ1) is 7.06. The third-order valence-corrected chi connectivity index (χ3v) is 2.64. The van der Waals surface area contributed by atoms with Crippen molar-refractivity contribution in [1.82, 2.24) is 4.98 Å². The summed E-state index contributed by atoms with van der Waals surface area (Å²) in [6, 6.07) is 0. The molecule has 0 aliphatic carbocycles. The molecule has 0 radical (unpaired) electrons. The standard InChI is InChI=1S/C9H13N3O2S/c1-6(13)8(11-14-4)7-5-15-9(10-7)12(2)3/h5H,1-4H3/b11-8+. The van der Waals surface area contributed by atoms with Gasteiger partial charge in [-0.05, 0) is 0 Å². The number of oxime groups is 1. The number of hydrogen-bond acceptors (Lipinski definition) is 6. The van der Waals surface area contributed by atoms with Gasteiger partial charge in [0.2, 0.25) is 0 Å². The zero-order chi connectivity index (χ0) is 11.4. The molecule has 0 aliphatic rings. The number of anilines is 1. The number of thiazole rings is 1. The lowest BCUT2D eigenvalue weighted by molar-refractivity contribution is -0.111. The number of rotatable bonds is 4. The van der Waals surface area contributed by atoms with E-state index in [9.17, 15) is 4.79 Å². The van der Waals surface area contributed by atoms with Gasteiger partial charge in [-0.25, -0.2) is 4.98 Å². The number of ketones is 1. The normalized spacial score (nSPS) is 11.3. The van der Waals surface area contributed by atoms with Crippen LogP contribution in [0.1, 0.15) is 12.6 Å². The summed E-state index contributed by atoms with van der Waals surface area (Å²) in [5.74, 6) is -0.160. The minimum Gasteiger partial charge on any atom is -0.398 e. The maximum atomic E-state index is 11.3. The third-order valence-electron chi connectivity index (χ3n) is 1.63. The lowest BCUT2D eigenvalue weighted by atomic mass is 10.2. The molecule has 5 nitrogen and oxygen atoms in total. The summed E-state index contributed by atoms with van der Waals surface area (Å²) in [6.45, 7) is 1.44. The fraction of sp³-hybridized carbons (Fsp3) is 0.444. The summed E-state index contributed by atoms with van der Waals surface area (Å²) >= 11 is 1.46. The van der Waals surface area contributed by atoms with Crippen LogP contribution in [-0.2, 0) is 9.63 Å². The highest BCUT2D eigenvalue weighted by molar-refractivity contribution is 7.14. The van der Waals surface area contributed by atoms with Crippen LogP contribution in [0.15, 0.2) is 10.5 Å². The third kappa shape index (κ3) is 2.76. The molecular weight excluding hydrogens is 214 g/mol. The Labute approximate surface area is 92.4 Å². The Morgan fingerprint density at radius 1 is 1.60 bits per heavy atom. The van der Waals surface area contributed by atoms with E-state index in [-0.39, 0.29) is 11.5 Å².